The van der Waals surface area contributed by atoms with Crippen molar-refractivity contribution in [3.05, 3.63) is 24.3 Å². The monoisotopic (exact) mass is 311 g/mol. The number of ether oxygens (including phenoxy) is 3. The molecular formula is C15H21NO6. The van der Waals surface area contributed by atoms with E-state index in [9.17, 15) is 9.59 Å². The SMILES string of the molecule is COCCN(CC(=O)O)C(=O)C(C)Oc1ccc(OC)cc1. The van der Waals surface area contributed by atoms with Gasteiger partial charge >= 0.3 is 5.97 Å². The molecule has 7 nitrogen and oxygen atoms in total. The number of carbonyl (C=O) groups is 2. The minimum absolute atomic E-state index is 0.192. The lowest BCUT2D eigenvalue weighted by Crippen LogP contribution is -2.44. The topological polar surface area (TPSA) is 85.3 Å². The molecule has 0 saturated heterocycles. The maximum atomic E-state index is 12.3. The molecule has 0 heterocycles. The zero-order valence-corrected chi connectivity index (χ0v) is 12.9. The van der Waals surface area contributed by atoms with Crippen LogP contribution in [0.15, 0.2) is 24.3 Å². The van der Waals surface area contributed by atoms with Gasteiger partial charge in [-0.05, 0) is 31.2 Å². The van der Waals surface area contributed by atoms with Gasteiger partial charge in [-0.3, -0.25) is 9.59 Å². The molecule has 0 fully saturated rings. The quantitative estimate of drug-likeness (QED) is 0.733. The Morgan fingerprint density at radius 3 is 2.27 bits per heavy atom. The van der Waals surface area contributed by atoms with Crippen LogP contribution in [0.3, 0.4) is 0 Å². The summed E-state index contributed by atoms with van der Waals surface area (Å²) in [5.74, 6) is -0.307. The Morgan fingerprint density at radius 2 is 1.77 bits per heavy atom. The predicted molar refractivity (Wildman–Crippen MR) is 79.2 cm³/mol. The predicted octanol–water partition coefficient (Wildman–Crippen LogP) is 1.02. The fourth-order valence-electron chi connectivity index (χ4n) is 1.80. The van der Waals surface area contributed by atoms with Crippen molar-refractivity contribution in [3.63, 3.8) is 0 Å². The zero-order chi connectivity index (χ0) is 16.5. The van der Waals surface area contributed by atoms with Gasteiger partial charge < -0.3 is 24.2 Å². The summed E-state index contributed by atoms with van der Waals surface area (Å²) in [6.07, 6.45) is -0.801. The van der Waals surface area contributed by atoms with Crippen molar-refractivity contribution in [2.24, 2.45) is 0 Å². The third-order valence-corrected chi connectivity index (χ3v) is 2.92. The van der Waals surface area contributed by atoms with E-state index in [-0.39, 0.29) is 13.2 Å². The van der Waals surface area contributed by atoms with Crippen LogP contribution in [-0.4, -0.2) is 61.9 Å². The Bertz CT molecular complexity index is 487. The highest BCUT2D eigenvalue weighted by atomic mass is 16.5. The van der Waals surface area contributed by atoms with Crippen molar-refractivity contribution in [2.75, 3.05) is 33.9 Å². The molecule has 1 aromatic rings. The molecule has 122 valence electrons. The van der Waals surface area contributed by atoms with Gasteiger partial charge in [0, 0.05) is 13.7 Å². The van der Waals surface area contributed by atoms with Crippen molar-refractivity contribution in [3.8, 4) is 11.5 Å². The standard InChI is InChI=1S/C15H21NO6/c1-11(22-13-6-4-12(21-3)5-7-13)15(19)16(8-9-20-2)10-14(17)18/h4-7,11H,8-10H2,1-3H3,(H,17,18). The highest BCUT2D eigenvalue weighted by Crippen LogP contribution is 2.18. The summed E-state index contributed by atoms with van der Waals surface area (Å²) in [7, 11) is 3.04. The number of amides is 1. The van der Waals surface area contributed by atoms with Gasteiger partial charge in [-0.25, -0.2) is 0 Å². The average molecular weight is 311 g/mol. The van der Waals surface area contributed by atoms with Crippen LogP contribution in [0.25, 0.3) is 0 Å². The number of nitrogens with zero attached hydrogens (tertiary/aromatic N) is 1. The number of methoxy groups -OCH3 is 2. The van der Waals surface area contributed by atoms with Crippen LogP contribution in [0, 0.1) is 0 Å². The van der Waals surface area contributed by atoms with Crippen molar-refractivity contribution < 1.29 is 28.9 Å². The number of rotatable bonds is 9. The normalized spacial score (nSPS) is 11.6. The van der Waals surface area contributed by atoms with Crippen LogP contribution >= 0.6 is 0 Å². The Morgan fingerprint density at radius 1 is 1.18 bits per heavy atom. The number of aliphatic carboxylic acids is 1. The third kappa shape index (κ3) is 5.61. The van der Waals surface area contributed by atoms with E-state index >= 15 is 0 Å². The van der Waals surface area contributed by atoms with Crippen LogP contribution in [0.1, 0.15) is 6.92 Å². The lowest BCUT2D eigenvalue weighted by molar-refractivity contribution is -0.148. The molecule has 0 aliphatic heterocycles. The molecule has 7 heteroatoms. The van der Waals surface area contributed by atoms with Crippen LogP contribution in [-0.2, 0) is 14.3 Å². The van der Waals surface area contributed by atoms with Crippen molar-refractivity contribution in [1.82, 2.24) is 4.90 Å². The number of carbonyl (C=O) groups excluding carboxylic acids is 1. The van der Waals surface area contributed by atoms with E-state index in [2.05, 4.69) is 0 Å². The Balaban J connectivity index is 2.68. The first-order valence-corrected chi connectivity index (χ1v) is 6.78. The fraction of sp³-hybridized carbons (Fsp3) is 0.467. The maximum Gasteiger partial charge on any atom is 0.323 e. The van der Waals surface area contributed by atoms with Crippen molar-refractivity contribution in [1.29, 1.82) is 0 Å². The third-order valence-electron chi connectivity index (χ3n) is 2.92. The van der Waals surface area contributed by atoms with Crippen molar-refractivity contribution in [2.45, 2.75) is 13.0 Å². The van der Waals surface area contributed by atoms with E-state index in [0.717, 1.165) is 0 Å². The van der Waals surface area contributed by atoms with E-state index in [1.165, 1.54) is 12.0 Å². The maximum absolute atomic E-state index is 12.3. The van der Waals surface area contributed by atoms with E-state index < -0.39 is 24.5 Å². The van der Waals surface area contributed by atoms with Gasteiger partial charge in [-0.15, -0.1) is 0 Å². The molecule has 1 atom stereocenters. The summed E-state index contributed by atoms with van der Waals surface area (Å²) in [5, 5.41) is 8.87. The van der Waals surface area contributed by atoms with Gasteiger partial charge in [-0.1, -0.05) is 0 Å². The first-order chi connectivity index (χ1) is 10.5. The van der Waals surface area contributed by atoms with Gasteiger partial charge in [0.05, 0.1) is 13.7 Å². The molecule has 1 N–H and O–H groups in total. The molecule has 22 heavy (non-hydrogen) atoms. The molecule has 0 saturated carbocycles. The molecule has 0 bridgehead atoms. The van der Waals surface area contributed by atoms with Gasteiger partial charge in [0.15, 0.2) is 6.10 Å². The Hall–Kier alpha value is -2.28. The summed E-state index contributed by atoms with van der Waals surface area (Å²) in [5.41, 5.74) is 0. The first kappa shape index (κ1) is 17.8. The van der Waals surface area contributed by atoms with Crippen LogP contribution < -0.4 is 9.47 Å². The first-order valence-electron chi connectivity index (χ1n) is 6.78. The van der Waals surface area contributed by atoms with Gasteiger partial charge in [0.25, 0.3) is 5.91 Å². The number of hydrogen-bond donors (Lipinski definition) is 1. The smallest absolute Gasteiger partial charge is 0.323 e. The molecule has 1 aromatic carbocycles. The molecule has 0 spiro atoms. The molecule has 0 aliphatic rings. The van der Waals surface area contributed by atoms with E-state index in [1.54, 1.807) is 38.3 Å². The van der Waals surface area contributed by atoms with Gasteiger partial charge in [0.2, 0.25) is 0 Å². The molecule has 0 radical (unpaired) electrons. The average Bonchev–Trinajstić information content (AvgIpc) is 2.51. The molecule has 1 amide bonds. The Labute approximate surface area is 129 Å². The molecule has 1 unspecified atom stereocenters. The summed E-state index contributed by atoms with van der Waals surface area (Å²) in [6, 6.07) is 6.79. The molecule has 0 aliphatic carbocycles. The zero-order valence-electron chi connectivity index (χ0n) is 12.9. The summed E-state index contributed by atoms with van der Waals surface area (Å²) < 4.78 is 15.5. The van der Waals surface area contributed by atoms with Crippen molar-refractivity contribution >= 4 is 11.9 Å². The van der Waals surface area contributed by atoms with Crippen LogP contribution in [0.5, 0.6) is 11.5 Å². The summed E-state index contributed by atoms with van der Waals surface area (Å²) in [6.45, 7) is 1.64. The van der Waals surface area contributed by atoms with E-state index in [4.69, 9.17) is 19.3 Å². The largest absolute Gasteiger partial charge is 0.497 e. The summed E-state index contributed by atoms with van der Waals surface area (Å²) >= 11 is 0. The summed E-state index contributed by atoms with van der Waals surface area (Å²) in [4.78, 5) is 24.3. The Kier molecular flexibility index (Phi) is 7.18. The minimum atomic E-state index is -1.08. The number of hydrogen-bond acceptors (Lipinski definition) is 5. The second-order valence-corrected chi connectivity index (χ2v) is 4.58. The second kappa shape index (κ2) is 8.89. The molecule has 1 rings (SSSR count). The lowest BCUT2D eigenvalue weighted by atomic mass is 10.3. The number of carboxylic acids is 1. The fourth-order valence-corrected chi connectivity index (χ4v) is 1.80. The van der Waals surface area contributed by atoms with Crippen LogP contribution in [0.4, 0.5) is 0 Å². The minimum Gasteiger partial charge on any atom is -0.497 e. The number of carboxylic acid groups (broad SMARTS) is 1. The highest BCUT2D eigenvalue weighted by molar-refractivity contribution is 5.84. The number of benzene rings is 1. The lowest BCUT2D eigenvalue weighted by Gasteiger charge is -2.24. The van der Waals surface area contributed by atoms with Gasteiger partial charge in [-0.2, -0.15) is 0 Å². The molecule has 0 aromatic heterocycles. The van der Waals surface area contributed by atoms with Gasteiger partial charge in [0.1, 0.15) is 18.0 Å². The molecular weight excluding hydrogens is 290 g/mol. The highest BCUT2D eigenvalue weighted by Gasteiger charge is 2.23. The second-order valence-electron chi connectivity index (χ2n) is 4.58. The van der Waals surface area contributed by atoms with Crippen LogP contribution in [0.2, 0.25) is 0 Å². The van der Waals surface area contributed by atoms with E-state index in [0.29, 0.717) is 11.5 Å². The van der Waals surface area contributed by atoms with E-state index in [1.807, 2.05) is 0 Å².